The van der Waals surface area contributed by atoms with Gasteiger partial charge in [-0.3, -0.25) is 9.59 Å². The van der Waals surface area contributed by atoms with Gasteiger partial charge in [0.2, 0.25) is 18.6 Å². The van der Waals surface area contributed by atoms with E-state index in [2.05, 4.69) is 5.32 Å². The first-order valence-corrected chi connectivity index (χ1v) is 9.04. The largest absolute Gasteiger partial charge is 0.497 e. The molecule has 0 spiro atoms. The van der Waals surface area contributed by atoms with Crippen LogP contribution in [0.4, 0.5) is 0 Å². The number of methoxy groups -OCH3 is 1. The van der Waals surface area contributed by atoms with Crippen molar-refractivity contribution in [2.45, 2.75) is 33.0 Å². The highest BCUT2D eigenvalue weighted by Gasteiger charge is 2.24. The van der Waals surface area contributed by atoms with Crippen LogP contribution >= 0.6 is 0 Å². The van der Waals surface area contributed by atoms with E-state index in [9.17, 15) is 9.59 Å². The lowest BCUT2D eigenvalue weighted by atomic mass is 10.1. The molecule has 0 radical (unpaired) electrons. The zero-order valence-electron chi connectivity index (χ0n) is 16.2. The number of rotatable bonds is 7. The summed E-state index contributed by atoms with van der Waals surface area (Å²) in [5.41, 5.74) is 1.82. The summed E-state index contributed by atoms with van der Waals surface area (Å²) in [4.78, 5) is 26.3. The molecule has 7 heteroatoms. The molecular formula is C21H24N2O5. The zero-order valence-corrected chi connectivity index (χ0v) is 16.2. The molecule has 1 atom stereocenters. The topological polar surface area (TPSA) is 77.1 Å². The summed E-state index contributed by atoms with van der Waals surface area (Å²) in [6.07, 6.45) is 0. The van der Waals surface area contributed by atoms with Crippen LogP contribution in [0.5, 0.6) is 17.2 Å². The van der Waals surface area contributed by atoms with Crippen LogP contribution in [0.1, 0.15) is 25.0 Å². The maximum absolute atomic E-state index is 12.6. The van der Waals surface area contributed by atoms with Crippen LogP contribution in [0.2, 0.25) is 0 Å². The Morgan fingerprint density at radius 1 is 1.11 bits per heavy atom. The van der Waals surface area contributed by atoms with Gasteiger partial charge in [-0.2, -0.15) is 0 Å². The Morgan fingerprint density at radius 3 is 2.46 bits per heavy atom. The second-order valence-corrected chi connectivity index (χ2v) is 6.58. The van der Waals surface area contributed by atoms with E-state index in [4.69, 9.17) is 14.2 Å². The van der Waals surface area contributed by atoms with E-state index in [0.29, 0.717) is 24.6 Å². The van der Waals surface area contributed by atoms with Gasteiger partial charge in [0.05, 0.1) is 7.11 Å². The quantitative estimate of drug-likeness (QED) is 0.794. The van der Waals surface area contributed by atoms with E-state index in [1.165, 1.54) is 11.8 Å². The van der Waals surface area contributed by atoms with Crippen LogP contribution in [0.25, 0.3) is 0 Å². The Balaban J connectivity index is 1.60. The number of hydrogen-bond acceptors (Lipinski definition) is 5. The Labute approximate surface area is 164 Å². The number of benzene rings is 2. The molecule has 3 rings (SSSR count). The smallest absolute Gasteiger partial charge is 0.242 e. The van der Waals surface area contributed by atoms with Gasteiger partial charge in [-0.25, -0.2) is 0 Å². The van der Waals surface area contributed by atoms with E-state index in [1.54, 1.807) is 14.0 Å². The third kappa shape index (κ3) is 4.54. The molecular weight excluding hydrogens is 360 g/mol. The molecule has 1 N–H and O–H groups in total. The minimum atomic E-state index is -0.603. The average Bonchev–Trinajstić information content (AvgIpc) is 3.17. The highest BCUT2D eigenvalue weighted by molar-refractivity contribution is 5.86. The minimum absolute atomic E-state index is 0.165. The molecule has 0 bridgehead atoms. The van der Waals surface area contributed by atoms with E-state index in [-0.39, 0.29) is 18.6 Å². The first-order valence-electron chi connectivity index (χ1n) is 9.04. The molecule has 28 heavy (non-hydrogen) atoms. The van der Waals surface area contributed by atoms with Gasteiger partial charge >= 0.3 is 0 Å². The second-order valence-electron chi connectivity index (χ2n) is 6.58. The highest BCUT2D eigenvalue weighted by Crippen LogP contribution is 2.32. The maximum Gasteiger partial charge on any atom is 0.242 e. The second kappa shape index (κ2) is 8.65. The number of ether oxygens (including phenoxy) is 3. The number of nitrogens with one attached hydrogen (secondary N) is 1. The first kappa shape index (κ1) is 19.5. The van der Waals surface area contributed by atoms with Gasteiger partial charge in [0.15, 0.2) is 11.5 Å². The van der Waals surface area contributed by atoms with Crippen molar-refractivity contribution >= 4 is 11.8 Å². The van der Waals surface area contributed by atoms with Gasteiger partial charge in [-0.05, 0) is 42.3 Å². The molecule has 0 fully saturated rings. The summed E-state index contributed by atoms with van der Waals surface area (Å²) >= 11 is 0. The van der Waals surface area contributed by atoms with Crippen LogP contribution in [0, 0.1) is 0 Å². The lowest BCUT2D eigenvalue weighted by Crippen LogP contribution is -2.46. The van der Waals surface area contributed by atoms with Gasteiger partial charge in [-0.15, -0.1) is 0 Å². The molecule has 0 saturated carbocycles. The fourth-order valence-corrected chi connectivity index (χ4v) is 2.98. The Kier molecular flexibility index (Phi) is 6.03. The molecule has 0 aliphatic carbocycles. The molecule has 1 aliphatic rings. The lowest BCUT2D eigenvalue weighted by Gasteiger charge is -2.27. The van der Waals surface area contributed by atoms with Gasteiger partial charge < -0.3 is 24.4 Å². The molecule has 1 heterocycles. The summed E-state index contributed by atoms with van der Waals surface area (Å²) in [6.45, 7) is 4.08. The number of fused-ring (bicyclic) bond motifs is 1. The Morgan fingerprint density at radius 2 is 1.79 bits per heavy atom. The predicted octanol–water partition coefficient (Wildman–Crippen LogP) is 2.48. The van der Waals surface area contributed by atoms with Crippen molar-refractivity contribution in [1.82, 2.24) is 10.2 Å². The van der Waals surface area contributed by atoms with Crippen molar-refractivity contribution in [3.63, 3.8) is 0 Å². The van der Waals surface area contributed by atoms with Crippen LogP contribution in [0.15, 0.2) is 42.5 Å². The fourth-order valence-electron chi connectivity index (χ4n) is 2.98. The molecule has 1 unspecified atom stereocenters. The van der Waals surface area contributed by atoms with Crippen molar-refractivity contribution in [3.05, 3.63) is 53.6 Å². The van der Waals surface area contributed by atoms with Crippen LogP contribution < -0.4 is 19.5 Å². The number of carbonyl (C=O) groups is 2. The first-order chi connectivity index (χ1) is 13.5. The molecule has 2 aromatic carbocycles. The molecule has 1 aliphatic heterocycles. The Hall–Kier alpha value is -3.22. The van der Waals surface area contributed by atoms with Crippen molar-refractivity contribution in [3.8, 4) is 17.2 Å². The predicted molar refractivity (Wildman–Crippen MR) is 103 cm³/mol. The van der Waals surface area contributed by atoms with Crippen molar-refractivity contribution < 1.29 is 23.8 Å². The van der Waals surface area contributed by atoms with Crippen LogP contribution in [0.3, 0.4) is 0 Å². The summed E-state index contributed by atoms with van der Waals surface area (Å²) < 4.78 is 15.8. The standard InChI is InChI=1S/C21H24N2O5/c1-14(23(15(2)24)12-16-4-7-18(26-3)8-5-16)21(25)22-11-17-6-9-19-20(10-17)28-13-27-19/h4-10,14H,11-13H2,1-3H3,(H,22,25). The summed E-state index contributed by atoms with van der Waals surface area (Å²) in [5, 5.41) is 2.88. The number of nitrogens with zero attached hydrogens (tertiary/aromatic N) is 1. The van der Waals surface area contributed by atoms with Crippen LogP contribution in [-0.4, -0.2) is 36.7 Å². The van der Waals surface area contributed by atoms with E-state index in [0.717, 1.165) is 16.9 Å². The monoisotopic (exact) mass is 384 g/mol. The molecule has 0 saturated heterocycles. The third-order valence-electron chi connectivity index (χ3n) is 4.67. The van der Waals surface area contributed by atoms with Gasteiger partial charge in [0.1, 0.15) is 11.8 Å². The normalized spacial score (nSPS) is 13.0. The third-order valence-corrected chi connectivity index (χ3v) is 4.67. The average molecular weight is 384 g/mol. The molecule has 2 aromatic rings. The Bertz CT molecular complexity index is 850. The lowest BCUT2D eigenvalue weighted by molar-refractivity contribution is -0.139. The molecule has 0 aromatic heterocycles. The molecule has 2 amide bonds. The van der Waals surface area contributed by atoms with E-state index in [1.807, 2.05) is 42.5 Å². The van der Waals surface area contributed by atoms with E-state index >= 15 is 0 Å². The highest BCUT2D eigenvalue weighted by atomic mass is 16.7. The minimum Gasteiger partial charge on any atom is -0.497 e. The number of amides is 2. The fraction of sp³-hybridized carbons (Fsp3) is 0.333. The number of hydrogen-bond donors (Lipinski definition) is 1. The van der Waals surface area contributed by atoms with Gasteiger partial charge in [-0.1, -0.05) is 18.2 Å². The summed E-state index contributed by atoms with van der Waals surface area (Å²) in [5.74, 6) is 1.73. The maximum atomic E-state index is 12.6. The number of carbonyl (C=O) groups excluding carboxylic acids is 2. The van der Waals surface area contributed by atoms with Gasteiger partial charge in [0, 0.05) is 20.0 Å². The van der Waals surface area contributed by atoms with Gasteiger partial charge in [0.25, 0.3) is 0 Å². The SMILES string of the molecule is COc1ccc(CN(C(C)=O)C(C)C(=O)NCc2ccc3c(c2)OCO3)cc1. The van der Waals surface area contributed by atoms with Crippen molar-refractivity contribution in [2.24, 2.45) is 0 Å². The summed E-state index contributed by atoms with van der Waals surface area (Å²) in [7, 11) is 1.60. The summed E-state index contributed by atoms with van der Waals surface area (Å²) in [6, 6.07) is 12.4. The van der Waals surface area contributed by atoms with Crippen molar-refractivity contribution in [2.75, 3.05) is 13.9 Å². The molecule has 148 valence electrons. The van der Waals surface area contributed by atoms with Crippen molar-refractivity contribution in [1.29, 1.82) is 0 Å². The van der Waals surface area contributed by atoms with E-state index < -0.39 is 6.04 Å². The van der Waals surface area contributed by atoms with Crippen LogP contribution in [-0.2, 0) is 22.7 Å². The zero-order chi connectivity index (χ0) is 20.1. The molecule has 7 nitrogen and oxygen atoms in total.